The maximum Gasteiger partial charge on any atom is 0.214 e. The molecule has 0 atom stereocenters. The molecule has 0 unspecified atom stereocenters. The van der Waals surface area contributed by atoms with Crippen LogP contribution in [0.2, 0.25) is 5.02 Å². The molecular weight excluding hydrogens is 370 g/mol. The van der Waals surface area contributed by atoms with Gasteiger partial charge in [-0.05, 0) is 29.8 Å². The highest BCUT2D eigenvalue weighted by molar-refractivity contribution is 7.20. The molecule has 3 aromatic heterocycles. The van der Waals surface area contributed by atoms with Crippen molar-refractivity contribution in [2.75, 3.05) is 18.1 Å². The second kappa shape index (κ2) is 7.41. The van der Waals surface area contributed by atoms with Crippen molar-refractivity contribution in [2.24, 2.45) is 0 Å². The van der Waals surface area contributed by atoms with E-state index in [1.807, 2.05) is 47.5 Å². The van der Waals surface area contributed by atoms with Crippen molar-refractivity contribution in [3.05, 3.63) is 65.6 Å². The topological polar surface area (TPSA) is 66.5 Å². The number of aromatic nitrogens is 4. The molecule has 0 aliphatic carbocycles. The number of fused-ring (bicyclic) bond motifs is 1. The molecule has 132 valence electrons. The van der Waals surface area contributed by atoms with E-state index in [0.717, 1.165) is 26.9 Å². The van der Waals surface area contributed by atoms with Crippen molar-refractivity contribution in [3.63, 3.8) is 0 Å². The molecule has 0 aliphatic heterocycles. The molecule has 0 spiro atoms. The summed E-state index contributed by atoms with van der Waals surface area (Å²) in [6.45, 7) is 1.15. The first-order valence-electron chi connectivity index (χ1n) is 8.10. The zero-order valence-electron chi connectivity index (χ0n) is 13.8. The fraction of sp³-hybridized carbons (Fsp3) is 0.167. The van der Waals surface area contributed by atoms with Crippen LogP contribution in [0.5, 0.6) is 0 Å². The van der Waals surface area contributed by atoms with Crippen LogP contribution in [0.3, 0.4) is 0 Å². The summed E-state index contributed by atoms with van der Waals surface area (Å²) < 4.78 is 1.77. The van der Waals surface area contributed by atoms with Crippen LogP contribution >= 0.6 is 22.9 Å². The van der Waals surface area contributed by atoms with Crippen LogP contribution < -0.4 is 4.90 Å². The third-order valence-electron chi connectivity index (χ3n) is 3.89. The molecule has 0 amide bonds. The number of anilines is 1. The molecule has 26 heavy (non-hydrogen) atoms. The summed E-state index contributed by atoms with van der Waals surface area (Å²) in [5, 5.41) is 15.6. The third-order valence-corrected chi connectivity index (χ3v) is 5.11. The summed E-state index contributed by atoms with van der Waals surface area (Å²) in [5.74, 6) is 0. The lowest BCUT2D eigenvalue weighted by molar-refractivity contribution is 0.301. The van der Waals surface area contributed by atoms with Crippen molar-refractivity contribution in [1.29, 1.82) is 0 Å². The van der Waals surface area contributed by atoms with Gasteiger partial charge in [0, 0.05) is 36.1 Å². The molecule has 1 N–H and O–H groups in total. The monoisotopic (exact) mass is 385 g/mol. The fourth-order valence-corrected chi connectivity index (χ4v) is 3.81. The third kappa shape index (κ3) is 3.55. The van der Waals surface area contributed by atoms with Gasteiger partial charge >= 0.3 is 0 Å². The van der Waals surface area contributed by atoms with Crippen molar-refractivity contribution in [1.82, 2.24) is 19.6 Å². The van der Waals surface area contributed by atoms with Gasteiger partial charge in [0.15, 0.2) is 0 Å². The number of aliphatic hydroxyl groups excluding tert-OH is 1. The Labute approximate surface area is 159 Å². The number of hydrogen-bond donors (Lipinski definition) is 1. The molecule has 0 saturated heterocycles. The molecule has 0 radical (unpaired) electrons. The Morgan fingerprint density at radius 3 is 2.88 bits per heavy atom. The van der Waals surface area contributed by atoms with E-state index < -0.39 is 0 Å². The number of hydrogen-bond acceptors (Lipinski definition) is 6. The molecule has 0 fully saturated rings. The van der Waals surface area contributed by atoms with Crippen LogP contribution in [0.1, 0.15) is 5.56 Å². The fourth-order valence-electron chi connectivity index (χ4n) is 2.69. The summed E-state index contributed by atoms with van der Waals surface area (Å²) in [5.41, 5.74) is 2.86. The first kappa shape index (κ1) is 17.0. The van der Waals surface area contributed by atoms with Crippen molar-refractivity contribution < 1.29 is 5.11 Å². The predicted octanol–water partition coefficient (Wildman–Crippen LogP) is 3.51. The van der Waals surface area contributed by atoms with Gasteiger partial charge in [-0.25, -0.2) is 9.50 Å². The van der Waals surface area contributed by atoms with Gasteiger partial charge < -0.3 is 10.0 Å². The summed E-state index contributed by atoms with van der Waals surface area (Å²) in [6.07, 6.45) is 5.41. The smallest absolute Gasteiger partial charge is 0.214 e. The summed E-state index contributed by atoms with van der Waals surface area (Å²) >= 11 is 7.56. The minimum Gasteiger partial charge on any atom is -0.395 e. The average molecular weight is 386 g/mol. The number of nitrogens with zero attached hydrogens (tertiary/aromatic N) is 5. The van der Waals surface area contributed by atoms with Gasteiger partial charge in [0.1, 0.15) is 0 Å². The van der Waals surface area contributed by atoms with Crippen LogP contribution in [0.4, 0.5) is 5.13 Å². The Hall–Kier alpha value is -2.48. The molecule has 4 aromatic rings. The molecule has 0 bridgehead atoms. The van der Waals surface area contributed by atoms with Crippen LogP contribution in [0, 0.1) is 0 Å². The lowest BCUT2D eigenvalue weighted by atomic mass is 10.2. The summed E-state index contributed by atoms with van der Waals surface area (Å²) in [4.78, 5) is 11.6. The first-order valence-corrected chi connectivity index (χ1v) is 9.29. The molecule has 1 aromatic carbocycles. The molecule has 8 heteroatoms. The average Bonchev–Trinajstić information content (AvgIpc) is 3.21. The predicted molar refractivity (Wildman–Crippen MR) is 104 cm³/mol. The molecular formula is C18H16ClN5OS. The second-order valence-electron chi connectivity index (χ2n) is 5.75. The Morgan fingerprint density at radius 2 is 2.15 bits per heavy atom. The Kier molecular flexibility index (Phi) is 4.83. The van der Waals surface area contributed by atoms with Crippen molar-refractivity contribution in [2.45, 2.75) is 6.54 Å². The Bertz CT molecular complexity index is 985. The standard InChI is InChI=1S/C18H16ClN5OS/c19-15-5-1-3-13(9-15)11-23(7-8-25)18-22-24-12-16(21-17(24)26-18)14-4-2-6-20-10-14/h1-6,9-10,12,25H,7-8,11H2. The van der Waals surface area contributed by atoms with E-state index in [2.05, 4.69) is 15.1 Å². The van der Waals surface area contributed by atoms with Gasteiger partial charge in [-0.15, -0.1) is 5.10 Å². The highest BCUT2D eigenvalue weighted by atomic mass is 35.5. The van der Waals surface area contributed by atoms with Gasteiger partial charge in [0.2, 0.25) is 10.1 Å². The Balaban J connectivity index is 1.62. The minimum atomic E-state index is 0.0450. The van der Waals surface area contributed by atoms with Crippen LogP contribution in [0.15, 0.2) is 55.0 Å². The first-order chi connectivity index (χ1) is 12.7. The highest BCUT2D eigenvalue weighted by Crippen LogP contribution is 2.27. The normalized spacial score (nSPS) is 11.2. The van der Waals surface area contributed by atoms with Crippen LogP contribution in [-0.4, -0.2) is 37.8 Å². The van der Waals surface area contributed by atoms with E-state index in [-0.39, 0.29) is 6.61 Å². The molecule has 0 saturated carbocycles. The molecule has 0 aliphatic rings. The maximum atomic E-state index is 9.43. The SMILES string of the molecule is OCCN(Cc1cccc(Cl)c1)c1nn2cc(-c3cccnc3)nc2s1. The van der Waals surface area contributed by atoms with Gasteiger partial charge in [-0.3, -0.25) is 4.98 Å². The number of imidazole rings is 1. The molecule has 4 rings (SSSR count). The molecule has 6 nitrogen and oxygen atoms in total. The second-order valence-corrected chi connectivity index (χ2v) is 7.13. The highest BCUT2D eigenvalue weighted by Gasteiger charge is 2.15. The van der Waals surface area contributed by atoms with E-state index in [0.29, 0.717) is 18.1 Å². The van der Waals surface area contributed by atoms with Crippen molar-refractivity contribution in [3.8, 4) is 11.3 Å². The maximum absolute atomic E-state index is 9.43. The van der Waals surface area contributed by atoms with E-state index >= 15 is 0 Å². The van der Waals surface area contributed by atoms with E-state index in [1.165, 1.54) is 11.3 Å². The largest absolute Gasteiger partial charge is 0.395 e. The van der Waals surface area contributed by atoms with E-state index in [9.17, 15) is 5.11 Å². The van der Waals surface area contributed by atoms with E-state index in [1.54, 1.807) is 16.9 Å². The van der Waals surface area contributed by atoms with Gasteiger partial charge in [0.25, 0.3) is 0 Å². The zero-order chi connectivity index (χ0) is 17.9. The van der Waals surface area contributed by atoms with Crippen LogP contribution in [-0.2, 0) is 6.54 Å². The number of aliphatic hydroxyl groups is 1. The van der Waals surface area contributed by atoms with Gasteiger partial charge in [0.05, 0.1) is 18.5 Å². The Morgan fingerprint density at radius 1 is 1.23 bits per heavy atom. The summed E-state index contributed by atoms with van der Waals surface area (Å²) in [7, 11) is 0. The number of benzene rings is 1. The number of rotatable bonds is 6. The quantitative estimate of drug-likeness (QED) is 0.550. The van der Waals surface area contributed by atoms with Gasteiger partial charge in [-0.1, -0.05) is 35.1 Å². The minimum absolute atomic E-state index is 0.0450. The number of pyridine rings is 1. The van der Waals surface area contributed by atoms with Crippen LogP contribution in [0.25, 0.3) is 16.2 Å². The zero-order valence-corrected chi connectivity index (χ0v) is 15.4. The van der Waals surface area contributed by atoms with E-state index in [4.69, 9.17) is 11.6 Å². The lowest BCUT2D eigenvalue weighted by Crippen LogP contribution is -2.26. The van der Waals surface area contributed by atoms with Crippen molar-refractivity contribution >= 4 is 33.0 Å². The lowest BCUT2D eigenvalue weighted by Gasteiger charge is -2.20. The van der Waals surface area contributed by atoms with Gasteiger partial charge in [-0.2, -0.15) is 0 Å². The number of halogens is 1. The molecule has 3 heterocycles. The summed E-state index contributed by atoms with van der Waals surface area (Å²) in [6, 6.07) is 11.6.